The molecule has 1 amide bonds. The van der Waals surface area contributed by atoms with E-state index in [0.717, 1.165) is 31.2 Å². The van der Waals surface area contributed by atoms with Crippen LogP contribution in [0.3, 0.4) is 0 Å². The highest BCUT2D eigenvalue weighted by molar-refractivity contribution is 6.24. The Morgan fingerprint density at radius 3 is 2.38 bits per heavy atom. The molecule has 0 heterocycles. The first kappa shape index (κ1) is 26.9. The molecule has 0 saturated heterocycles. The molecule has 9 nitrogen and oxygen atoms in total. The number of aromatic hydroxyl groups is 1. The molecule has 3 aliphatic rings. The van der Waals surface area contributed by atoms with Gasteiger partial charge in [0.2, 0.25) is 5.78 Å². The van der Waals surface area contributed by atoms with Crippen molar-refractivity contribution in [2.24, 2.45) is 23.5 Å². The van der Waals surface area contributed by atoms with Gasteiger partial charge in [0.1, 0.15) is 22.8 Å². The number of amides is 1. The maximum Gasteiger partial charge on any atom is 0.255 e. The van der Waals surface area contributed by atoms with Crippen molar-refractivity contribution in [2.45, 2.75) is 64.0 Å². The summed E-state index contributed by atoms with van der Waals surface area (Å²) in [6.07, 6.45) is 4.17. The summed E-state index contributed by atoms with van der Waals surface area (Å²) in [5, 5.41) is 44.5. The van der Waals surface area contributed by atoms with Gasteiger partial charge in [0.25, 0.3) is 5.91 Å². The number of fused-ring (bicyclic) bond motifs is 3. The van der Waals surface area contributed by atoms with Crippen molar-refractivity contribution in [3.8, 4) is 5.75 Å². The number of aliphatic hydroxyl groups is 3. The van der Waals surface area contributed by atoms with Gasteiger partial charge >= 0.3 is 0 Å². The second-order valence-corrected chi connectivity index (χ2v) is 10.8. The third-order valence-corrected chi connectivity index (χ3v) is 8.68. The molecule has 9 heteroatoms. The molecule has 37 heavy (non-hydrogen) atoms. The maximum atomic E-state index is 13.7. The van der Waals surface area contributed by atoms with E-state index in [0.29, 0.717) is 17.9 Å². The molecule has 0 aliphatic heterocycles. The number of Topliss-reactive ketones (excluding diaryl/α,β-unsaturated/α-hetero) is 2. The van der Waals surface area contributed by atoms with Crippen LogP contribution in [0.15, 0.2) is 34.8 Å². The summed E-state index contributed by atoms with van der Waals surface area (Å²) < 4.78 is 0. The Balaban J connectivity index is 1.86. The fourth-order valence-corrected chi connectivity index (χ4v) is 6.61. The van der Waals surface area contributed by atoms with Crippen molar-refractivity contribution >= 4 is 17.5 Å². The monoisotopic (exact) mass is 512 g/mol. The summed E-state index contributed by atoms with van der Waals surface area (Å²) in [7, 11) is 3.22. The third-order valence-electron chi connectivity index (χ3n) is 8.68. The van der Waals surface area contributed by atoms with E-state index in [1.165, 1.54) is 6.07 Å². The van der Waals surface area contributed by atoms with Crippen molar-refractivity contribution in [1.29, 1.82) is 0 Å². The molecule has 0 radical (unpaired) electrons. The Bertz CT molecular complexity index is 1230. The minimum absolute atomic E-state index is 0.0721. The van der Waals surface area contributed by atoms with Gasteiger partial charge in [-0.1, -0.05) is 32.8 Å². The Labute approximate surface area is 216 Å². The lowest BCUT2D eigenvalue weighted by Gasteiger charge is -2.50. The number of carbonyl (C=O) groups excluding carboxylic acids is 3. The number of hydrogen-bond acceptors (Lipinski definition) is 8. The number of nitrogens with two attached hydrogens (primary N) is 1. The average Bonchev–Trinajstić information content (AvgIpc) is 2.82. The predicted octanol–water partition coefficient (Wildman–Crippen LogP) is 2.49. The summed E-state index contributed by atoms with van der Waals surface area (Å²) in [5.74, 6) is -5.79. The summed E-state index contributed by atoms with van der Waals surface area (Å²) >= 11 is 0. The molecule has 0 spiro atoms. The van der Waals surface area contributed by atoms with Crippen LogP contribution in [0.2, 0.25) is 0 Å². The largest absolute Gasteiger partial charge is 0.510 e. The van der Waals surface area contributed by atoms with Gasteiger partial charge in [0.15, 0.2) is 11.4 Å². The number of hydrogen-bond donors (Lipinski definition) is 5. The molecule has 1 aromatic carbocycles. The predicted molar refractivity (Wildman–Crippen MR) is 136 cm³/mol. The molecular weight excluding hydrogens is 476 g/mol. The molecule has 0 bridgehead atoms. The molecule has 3 aliphatic carbocycles. The number of carbonyl (C=O) groups is 3. The molecule has 6 N–H and O–H groups in total. The van der Waals surface area contributed by atoms with E-state index in [9.17, 15) is 34.8 Å². The topological polar surface area (TPSA) is 161 Å². The Morgan fingerprint density at radius 1 is 1.16 bits per heavy atom. The normalized spacial score (nSPS) is 27.5. The first-order chi connectivity index (χ1) is 17.4. The van der Waals surface area contributed by atoms with Gasteiger partial charge in [0, 0.05) is 11.5 Å². The molecule has 1 aromatic rings. The van der Waals surface area contributed by atoms with Crippen LogP contribution in [0, 0.1) is 17.8 Å². The van der Waals surface area contributed by atoms with Crippen LogP contribution >= 0.6 is 0 Å². The van der Waals surface area contributed by atoms with Crippen LogP contribution in [0.25, 0.3) is 0 Å². The van der Waals surface area contributed by atoms with Gasteiger partial charge in [-0.25, -0.2) is 0 Å². The van der Waals surface area contributed by atoms with E-state index in [4.69, 9.17) is 5.73 Å². The molecule has 1 unspecified atom stereocenters. The van der Waals surface area contributed by atoms with Gasteiger partial charge in [-0.15, -0.1) is 0 Å². The molecule has 0 aromatic heterocycles. The standard InChI is InChI=1S/C28H36N2O7/c1-5-13(6-2)7-8-14-9-10-18(31)20-16(14)11-15-12-17-22(30(3)4)24(33)21(27(29)36)26(35)28(17,37)25(34)19(15)23(20)32/h9-10,13,15,17,22,31,33-34,37H,5-8,11-12H2,1-4H3,(H2,29,36)/t15-,17-,22?,28-/m0/s1. The van der Waals surface area contributed by atoms with Gasteiger partial charge in [-0.3, -0.25) is 19.3 Å². The SMILES string of the molecule is CCC(CC)CCc1ccc(O)c2c1C[C@H]1C[C@H]3C(N(C)C)C(O)=C(C(N)=O)C(=O)[C@@]3(O)C(O)=C1C2=O. The quantitative estimate of drug-likeness (QED) is 0.348. The van der Waals surface area contributed by atoms with Crippen molar-refractivity contribution in [2.75, 3.05) is 14.1 Å². The van der Waals surface area contributed by atoms with E-state index < -0.39 is 58.0 Å². The number of likely N-dealkylation sites (N-methyl/N-ethyl adjacent to an activating group) is 1. The number of rotatable bonds is 7. The van der Waals surface area contributed by atoms with Crippen LogP contribution in [0.5, 0.6) is 5.75 Å². The smallest absolute Gasteiger partial charge is 0.255 e. The van der Waals surface area contributed by atoms with Gasteiger partial charge in [0.05, 0.1) is 11.6 Å². The lowest BCUT2D eigenvalue weighted by molar-refractivity contribution is -0.148. The number of allylic oxidation sites excluding steroid dienone is 1. The Hall–Kier alpha value is -3.17. The Kier molecular flexibility index (Phi) is 6.98. The van der Waals surface area contributed by atoms with Crippen LogP contribution in [0.4, 0.5) is 0 Å². The van der Waals surface area contributed by atoms with E-state index in [-0.39, 0.29) is 23.3 Å². The lowest BCUT2D eigenvalue weighted by Crippen LogP contribution is -2.63. The second-order valence-electron chi connectivity index (χ2n) is 10.8. The summed E-state index contributed by atoms with van der Waals surface area (Å²) in [6, 6.07) is 2.30. The third kappa shape index (κ3) is 3.95. The van der Waals surface area contributed by atoms with Crippen molar-refractivity contribution in [3.63, 3.8) is 0 Å². The van der Waals surface area contributed by atoms with Crippen molar-refractivity contribution < 1.29 is 34.8 Å². The minimum Gasteiger partial charge on any atom is -0.510 e. The van der Waals surface area contributed by atoms with Crippen LogP contribution in [-0.2, 0) is 22.4 Å². The summed E-state index contributed by atoms with van der Waals surface area (Å²) in [6.45, 7) is 4.29. The lowest BCUT2D eigenvalue weighted by atomic mass is 9.58. The van der Waals surface area contributed by atoms with Gasteiger partial charge in [-0.2, -0.15) is 0 Å². The zero-order valence-electron chi connectivity index (χ0n) is 21.7. The number of nitrogens with zero attached hydrogens (tertiary/aromatic N) is 1. The van der Waals surface area contributed by atoms with E-state index in [1.54, 1.807) is 19.0 Å². The molecule has 0 saturated carbocycles. The molecular formula is C28H36N2O7. The zero-order valence-corrected chi connectivity index (χ0v) is 21.7. The zero-order chi connectivity index (χ0) is 27.4. The first-order valence-corrected chi connectivity index (χ1v) is 12.9. The van der Waals surface area contributed by atoms with Crippen LogP contribution < -0.4 is 5.73 Å². The highest BCUT2D eigenvalue weighted by atomic mass is 16.3. The minimum atomic E-state index is -2.62. The summed E-state index contributed by atoms with van der Waals surface area (Å²) in [4.78, 5) is 40.7. The number of primary amides is 1. The van der Waals surface area contributed by atoms with E-state index in [1.807, 2.05) is 6.07 Å². The van der Waals surface area contributed by atoms with E-state index in [2.05, 4.69) is 13.8 Å². The summed E-state index contributed by atoms with van der Waals surface area (Å²) in [5.41, 5.74) is 3.54. The van der Waals surface area contributed by atoms with Gasteiger partial charge in [-0.05, 0) is 68.8 Å². The maximum absolute atomic E-state index is 13.7. The number of ketones is 2. The molecule has 0 fully saturated rings. The number of aryl methyl sites for hydroxylation is 1. The van der Waals surface area contributed by atoms with Crippen LogP contribution in [0.1, 0.15) is 61.0 Å². The number of phenols is 1. The second kappa shape index (κ2) is 9.61. The van der Waals surface area contributed by atoms with E-state index >= 15 is 0 Å². The highest BCUT2D eigenvalue weighted by Crippen LogP contribution is 2.52. The van der Waals surface area contributed by atoms with Crippen molar-refractivity contribution in [1.82, 2.24) is 4.90 Å². The highest BCUT2D eigenvalue weighted by Gasteiger charge is 2.63. The molecule has 4 atom stereocenters. The number of aliphatic hydroxyl groups excluding tert-OH is 2. The fourth-order valence-electron chi connectivity index (χ4n) is 6.61. The molecule has 4 rings (SSSR count). The number of phenolic OH excluding ortho intramolecular Hbond substituents is 1. The Morgan fingerprint density at radius 2 is 1.81 bits per heavy atom. The number of benzene rings is 1. The first-order valence-electron chi connectivity index (χ1n) is 12.9. The van der Waals surface area contributed by atoms with Gasteiger partial charge < -0.3 is 26.2 Å². The van der Waals surface area contributed by atoms with Crippen molar-refractivity contribution in [3.05, 3.63) is 51.5 Å². The fraction of sp³-hybridized carbons (Fsp3) is 0.536. The van der Waals surface area contributed by atoms with Crippen LogP contribution in [-0.4, -0.2) is 68.5 Å². The average molecular weight is 513 g/mol. The molecule has 200 valence electrons.